The maximum Gasteiger partial charge on any atom is 0.174 e. The molecule has 0 aromatic carbocycles. The molecule has 72 valence electrons. The van der Waals surface area contributed by atoms with E-state index >= 15 is 0 Å². The molecule has 1 aromatic heterocycles. The van der Waals surface area contributed by atoms with Gasteiger partial charge in [0.25, 0.3) is 0 Å². The molecule has 0 atom stereocenters. The summed E-state index contributed by atoms with van der Waals surface area (Å²) >= 11 is 3.41. The quantitative estimate of drug-likeness (QED) is 0.845. The van der Waals surface area contributed by atoms with Crippen LogP contribution in [0.3, 0.4) is 0 Å². The second-order valence-corrected chi connectivity index (χ2v) is 4.86. The molecule has 0 bridgehead atoms. The standard InChI is InChI=1S/C10H15BrN2/c1-6(2)8-9(7-4-3-5-7)13-10(11)12-8/h6-7H,3-5H2,1-2H3,(H,12,13). The van der Waals surface area contributed by atoms with Crippen LogP contribution in [0.25, 0.3) is 0 Å². The molecule has 3 heteroatoms. The maximum absolute atomic E-state index is 4.47. The van der Waals surface area contributed by atoms with Crippen molar-refractivity contribution < 1.29 is 0 Å². The van der Waals surface area contributed by atoms with Gasteiger partial charge >= 0.3 is 0 Å². The first-order chi connectivity index (χ1) is 6.18. The third kappa shape index (κ3) is 1.66. The molecule has 1 aliphatic carbocycles. The molecule has 0 spiro atoms. The molecule has 2 rings (SSSR count). The summed E-state index contributed by atoms with van der Waals surface area (Å²) < 4.78 is 0.887. The monoisotopic (exact) mass is 242 g/mol. The molecular weight excluding hydrogens is 228 g/mol. The first-order valence-corrected chi connectivity index (χ1v) is 5.73. The largest absolute Gasteiger partial charge is 0.336 e. The minimum atomic E-state index is 0.526. The Labute approximate surface area is 87.3 Å². The summed E-state index contributed by atoms with van der Waals surface area (Å²) in [6, 6.07) is 0. The van der Waals surface area contributed by atoms with E-state index in [0.717, 1.165) is 10.7 Å². The average molecular weight is 243 g/mol. The first kappa shape index (κ1) is 9.25. The van der Waals surface area contributed by atoms with Crippen LogP contribution in [0.15, 0.2) is 4.73 Å². The molecule has 0 saturated heterocycles. The third-order valence-corrected chi connectivity index (χ3v) is 3.17. The molecular formula is C10H15BrN2. The Morgan fingerprint density at radius 3 is 2.62 bits per heavy atom. The number of nitrogens with one attached hydrogen (secondary N) is 1. The van der Waals surface area contributed by atoms with Crippen molar-refractivity contribution in [2.75, 3.05) is 0 Å². The van der Waals surface area contributed by atoms with E-state index in [1.165, 1.54) is 30.7 Å². The Morgan fingerprint density at radius 2 is 2.15 bits per heavy atom. The van der Waals surface area contributed by atoms with Gasteiger partial charge in [0.2, 0.25) is 0 Å². The highest BCUT2D eigenvalue weighted by atomic mass is 79.9. The fraction of sp³-hybridized carbons (Fsp3) is 0.700. The van der Waals surface area contributed by atoms with Crippen molar-refractivity contribution >= 4 is 15.9 Å². The summed E-state index contributed by atoms with van der Waals surface area (Å²) in [4.78, 5) is 7.81. The molecule has 0 amide bonds. The predicted octanol–water partition coefficient (Wildman–Crippen LogP) is 3.56. The smallest absolute Gasteiger partial charge is 0.174 e. The van der Waals surface area contributed by atoms with Gasteiger partial charge in [-0.2, -0.15) is 0 Å². The summed E-state index contributed by atoms with van der Waals surface area (Å²) in [5.74, 6) is 1.27. The Hall–Kier alpha value is -0.310. The topological polar surface area (TPSA) is 28.7 Å². The fourth-order valence-corrected chi connectivity index (χ4v) is 2.22. The highest BCUT2D eigenvalue weighted by molar-refractivity contribution is 9.10. The fourth-order valence-electron chi connectivity index (χ4n) is 1.82. The van der Waals surface area contributed by atoms with Crippen LogP contribution in [-0.2, 0) is 0 Å². The molecule has 0 aliphatic heterocycles. The van der Waals surface area contributed by atoms with Gasteiger partial charge < -0.3 is 4.98 Å². The zero-order valence-corrected chi connectivity index (χ0v) is 9.69. The second kappa shape index (κ2) is 3.45. The van der Waals surface area contributed by atoms with Gasteiger partial charge in [0.1, 0.15) is 0 Å². The number of rotatable bonds is 2. The van der Waals surface area contributed by atoms with Crippen molar-refractivity contribution in [3.05, 3.63) is 16.1 Å². The maximum atomic E-state index is 4.47. The Bertz CT molecular complexity index is 300. The number of imidazole rings is 1. The average Bonchev–Trinajstić information content (AvgIpc) is 2.27. The van der Waals surface area contributed by atoms with Gasteiger partial charge in [0, 0.05) is 11.6 Å². The van der Waals surface area contributed by atoms with Gasteiger partial charge in [-0.05, 0) is 34.7 Å². The lowest BCUT2D eigenvalue weighted by molar-refractivity contribution is 0.408. The molecule has 0 unspecified atom stereocenters. The molecule has 1 heterocycles. The number of hydrogen-bond donors (Lipinski definition) is 1. The van der Waals surface area contributed by atoms with E-state index < -0.39 is 0 Å². The highest BCUT2D eigenvalue weighted by Gasteiger charge is 2.25. The van der Waals surface area contributed by atoms with Crippen LogP contribution in [0.1, 0.15) is 56.3 Å². The van der Waals surface area contributed by atoms with Crippen molar-refractivity contribution in [1.29, 1.82) is 0 Å². The van der Waals surface area contributed by atoms with Gasteiger partial charge in [0.05, 0.1) is 5.69 Å². The van der Waals surface area contributed by atoms with Gasteiger partial charge in [-0.25, -0.2) is 4.98 Å². The van der Waals surface area contributed by atoms with Crippen LogP contribution in [-0.4, -0.2) is 9.97 Å². The Kier molecular flexibility index (Phi) is 2.45. The van der Waals surface area contributed by atoms with E-state index in [1.54, 1.807) is 0 Å². The van der Waals surface area contributed by atoms with Crippen LogP contribution in [0.4, 0.5) is 0 Å². The second-order valence-electron chi connectivity index (χ2n) is 4.11. The van der Waals surface area contributed by atoms with Crippen LogP contribution >= 0.6 is 15.9 Å². The minimum Gasteiger partial charge on any atom is -0.336 e. The number of nitrogens with zero attached hydrogens (tertiary/aromatic N) is 1. The van der Waals surface area contributed by atoms with E-state index in [4.69, 9.17) is 0 Å². The van der Waals surface area contributed by atoms with E-state index in [9.17, 15) is 0 Å². The van der Waals surface area contributed by atoms with Gasteiger partial charge in [0.15, 0.2) is 4.73 Å². The molecule has 0 radical (unpaired) electrons. The van der Waals surface area contributed by atoms with Crippen LogP contribution < -0.4 is 0 Å². The summed E-state index contributed by atoms with van der Waals surface area (Å²) in [7, 11) is 0. The van der Waals surface area contributed by atoms with Crippen molar-refractivity contribution in [3.63, 3.8) is 0 Å². The van der Waals surface area contributed by atoms with E-state index in [-0.39, 0.29) is 0 Å². The molecule has 1 N–H and O–H groups in total. The highest BCUT2D eigenvalue weighted by Crippen LogP contribution is 2.39. The molecule has 1 saturated carbocycles. The lowest BCUT2D eigenvalue weighted by Gasteiger charge is -2.25. The lowest BCUT2D eigenvalue weighted by atomic mass is 9.81. The number of H-pyrrole nitrogens is 1. The van der Waals surface area contributed by atoms with Crippen molar-refractivity contribution in [1.82, 2.24) is 9.97 Å². The SMILES string of the molecule is CC(C)c1nc(Br)[nH]c1C1CCC1. The number of halogens is 1. The lowest BCUT2D eigenvalue weighted by Crippen LogP contribution is -2.11. The van der Waals surface area contributed by atoms with Gasteiger partial charge in [-0.1, -0.05) is 20.3 Å². The third-order valence-electron chi connectivity index (χ3n) is 2.79. The minimum absolute atomic E-state index is 0.526. The van der Waals surface area contributed by atoms with Crippen molar-refractivity contribution in [2.24, 2.45) is 0 Å². The molecule has 1 fully saturated rings. The first-order valence-electron chi connectivity index (χ1n) is 4.93. The van der Waals surface area contributed by atoms with Crippen LogP contribution in [0, 0.1) is 0 Å². The summed E-state index contributed by atoms with van der Waals surface area (Å²) in [6.07, 6.45) is 4.03. The summed E-state index contributed by atoms with van der Waals surface area (Å²) in [6.45, 7) is 4.40. The molecule has 13 heavy (non-hydrogen) atoms. The van der Waals surface area contributed by atoms with Crippen LogP contribution in [0.5, 0.6) is 0 Å². The molecule has 2 nitrogen and oxygen atoms in total. The van der Waals surface area contributed by atoms with E-state index in [1.807, 2.05) is 0 Å². The predicted molar refractivity (Wildman–Crippen MR) is 57.0 cm³/mol. The van der Waals surface area contributed by atoms with Crippen molar-refractivity contribution in [3.8, 4) is 0 Å². The van der Waals surface area contributed by atoms with E-state index in [0.29, 0.717) is 5.92 Å². The van der Waals surface area contributed by atoms with Gasteiger partial charge in [-0.3, -0.25) is 0 Å². The van der Waals surface area contributed by atoms with Crippen LogP contribution in [0.2, 0.25) is 0 Å². The molecule has 1 aromatic rings. The van der Waals surface area contributed by atoms with E-state index in [2.05, 4.69) is 39.7 Å². The van der Waals surface area contributed by atoms with Gasteiger partial charge in [-0.15, -0.1) is 0 Å². The number of aromatic nitrogens is 2. The molecule has 1 aliphatic rings. The van der Waals surface area contributed by atoms with Crippen molar-refractivity contribution in [2.45, 2.75) is 44.9 Å². The number of aromatic amines is 1. The number of hydrogen-bond acceptors (Lipinski definition) is 1. The normalized spacial score (nSPS) is 17.8. The Balaban J connectivity index is 2.31. The Morgan fingerprint density at radius 1 is 1.46 bits per heavy atom. The summed E-state index contributed by atoms with van der Waals surface area (Å²) in [5.41, 5.74) is 2.62. The summed E-state index contributed by atoms with van der Waals surface area (Å²) in [5, 5.41) is 0. The zero-order chi connectivity index (χ0) is 9.42. The zero-order valence-electron chi connectivity index (χ0n) is 8.10.